The highest BCUT2D eigenvalue weighted by Gasteiger charge is 2.47. The van der Waals surface area contributed by atoms with Gasteiger partial charge >= 0.3 is 5.65 Å². The van der Waals surface area contributed by atoms with Crippen LogP contribution in [0.25, 0.3) is 11.2 Å². The molecule has 0 saturated carbocycles. The summed E-state index contributed by atoms with van der Waals surface area (Å²) in [6.07, 6.45) is -0.0180. The molecule has 3 rings (SSSR count). The van der Waals surface area contributed by atoms with Crippen molar-refractivity contribution in [2.75, 3.05) is 12.3 Å². The van der Waals surface area contributed by atoms with Crippen molar-refractivity contribution in [2.45, 2.75) is 24.5 Å². The molecule has 3 heterocycles. The number of hydrogen-bond donors (Lipinski definition) is 4. The van der Waals surface area contributed by atoms with E-state index in [-0.39, 0.29) is 17.1 Å². The van der Waals surface area contributed by atoms with E-state index in [1.165, 1.54) is 22.5 Å². The van der Waals surface area contributed by atoms with Gasteiger partial charge in [0.1, 0.15) is 18.3 Å². The minimum atomic E-state index is -5.40. The number of imidazole rings is 1. The largest absolute Gasteiger partial charge is 0.768 e. The third-order valence-corrected chi connectivity index (χ3v) is 6.61. The van der Waals surface area contributed by atoms with Crippen LogP contribution in [0.2, 0.25) is 0 Å². The first kappa shape index (κ1) is 22.6. The Labute approximate surface area is 167 Å². The van der Waals surface area contributed by atoms with Crippen LogP contribution < -0.4 is 25.6 Å². The van der Waals surface area contributed by atoms with E-state index in [4.69, 9.17) is 10.5 Å². The maximum atomic E-state index is 12.1. The van der Waals surface area contributed by atoms with Gasteiger partial charge in [0.25, 0.3) is 19.3 Å². The summed E-state index contributed by atoms with van der Waals surface area (Å²) in [5.41, 5.74) is 6.25. The van der Waals surface area contributed by atoms with Crippen LogP contribution in [-0.2, 0) is 29.7 Å². The average Bonchev–Trinajstić information content (AvgIpc) is 3.10. The highest BCUT2D eigenvalue weighted by atomic mass is 31.3. The zero-order valence-corrected chi connectivity index (χ0v) is 16.9. The number of nitrogens with one attached hydrogen (secondary N) is 1. The lowest BCUT2D eigenvalue weighted by atomic mass is 10.1. The summed E-state index contributed by atoms with van der Waals surface area (Å²) < 4.78 is 38.9. The lowest BCUT2D eigenvalue weighted by Gasteiger charge is -2.28. The average molecular weight is 464 g/mol. The topological polar surface area (TPSA) is 229 Å². The minimum Gasteiger partial charge on any atom is -0.768 e. The van der Waals surface area contributed by atoms with Gasteiger partial charge in [0.05, 0.1) is 13.7 Å². The molecule has 5 N–H and O–H groups in total. The number of ether oxygens (including phenoxy) is 1. The van der Waals surface area contributed by atoms with E-state index in [9.17, 15) is 33.9 Å². The number of aryl methyl sites for hydroxylation is 1. The Morgan fingerprint density at radius 2 is 2.13 bits per heavy atom. The van der Waals surface area contributed by atoms with E-state index in [0.717, 1.165) is 5.66 Å². The van der Waals surface area contributed by atoms with Crippen molar-refractivity contribution in [1.82, 2.24) is 14.5 Å². The number of rotatable bonds is 6. The first-order valence-electron chi connectivity index (χ1n) is 8.08. The summed E-state index contributed by atoms with van der Waals surface area (Å²) in [6.45, 7) is -0.901. The first-order chi connectivity index (χ1) is 13.8. The summed E-state index contributed by atoms with van der Waals surface area (Å²) in [5, 5.41) is 20.5. The second kappa shape index (κ2) is 7.86. The first-order valence-corrected chi connectivity index (χ1v) is 11.1. The highest BCUT2D eigenvalue weighted by molar-refractivity contribution is 7.65. The number of aliphatic hydroxyl groups excluding tert-OH is 2. The normalized spacial score (nSPS) is 28.1. The van der Waals surface area contributed by atoms with Gasteiger partial charge < -0.3 is 35.0 Å². The molecule has 0 amide bonds. The summed E-state index contributed by atoms with van der Waals surface area (Å²) in [4.78, 5) is 41.1. The van der Waals surface area contributed by atoms with Crippen molar-refractivity contribution >= 4 is 32.5 Å². The molecule has 0 radical (unpaired) electrons. The molecule has 15 nitrogen and oxygen atoms in total. The Morgan fingerprint density at radius 1 is 1.47 bits per heavy atom. The van der Waals surface area contributed by atoms with E-state index < -0.39 is 52.1 Å². The monoisotopic (exact) mass is 464 g/mol. The lowest BCUT2D eigenvalue weighted by Crippen LogP contribution is -2.46. The third-order valence-electron chi connectivity index (χ3n) is 4.16. The number of aromatic amines is 1. The molecule has 164 valence electrons. The molecule has 1 saturated heterocycles. The molecule has 3 unspecified atom stereocenters. The van der Waals surface area contributed by atoms with Gasteiger partial charge in [-0.25, -0.2) is 4.57 Å². The van der Waals surface area contributed by atoms with Crippen LogP contribution in [0.1, 0.15) is 6.23 Å². The second-order valence-corrected chi connectivity index (χ2v) is 9.31. The van der Waals surface area contributed by atoms with Gasteiger partial charge in [0, 0.05) is 0 Å². The van der Waals surface area contributed by atoms with Crippen molar-refractivity contribution in [2.24, 2.45) is 7.05 Å². The van der Waals surface area contributed by atoms with Crippen molar-refractivity contribution in [3.05, 3.63) is 16.7 Å². The number of aliphatic hydroxyl groups is 2. The van der Waals surface area contributed by atoms with E-state index in [0.29, 0.717) is 0 Å². The molecule has 1 aliphatic rings. The Hall–Kier alpha value is -2.11. The maximum absolute atomic E-state index is 12.1. The molecular formula is C13H16N5O10P2-. The number of aromatic nitrogens is 4. The summed E-state index contributed by atoms with van der Waals surface area (Å²) in [6, 6.07) is 0. The van der Waals surface area contributed by atoms with Gasteiger partial charge in [0.2, 0.25) is 19.3 Å². The molecule has 2 aromatic heterocycles. The number of fused-ring (bicyclic) bond motifs is 1. The zero-order valence-electron chi connectivity index (χ0n) is 15.1. The van der Waals surface area contributed by atoms with Gasteiger partial charge in [-0.05, 0) is 5.66 Å². The van der Waals surface area contributed by atoms with Crippen LogP contribution in [0.4, 0.5) is 5.95 Å². The second-order valence-electron chi connectivity index (χ2n) is 6.25. The summed E-state index contributed by atoms with van der Waals surface area (Å²) in [7, 11) is -8.99. The highest BCUT2D eigenvalue weighted by Crippen LogP contribution is 2.54. The van der Waals surface area contributed by atoms with Crippen molar-refractivity contribution in [3.8, 4) is 12.1 Å². The van der Waals surface area contributed by atoms with Crippen molar-refractivity contribution in [3.63, 3.8) is 0 Å². The van der Waals surface area contributed by atoms with Gasteiger partial charge in [0.15, 0.2) is 6.33 Å². The molecular weight excluding hydrogens is 448 g/mol. The number of nitrogen functional groups attached to an aromatic ring is 1. The lowest BCUT2D eigenvalue weighted by molar-refractivity contribution is -0.745. The summed E-state index contributed by atoms with van der Waals surface area (Å²) in [5.74, 6) is -0.208. The fourth-order valence-corrected chi connectivity index (χ4v) is 4.66. The van der Waals surface area contributed by atoms with Crippen LogP contribution in [0.5, 0.6) is 0 Å². The van der Waals surface area contributed by atoms with E-state index in [2.05, 4.69) is 25.2 Å². The van der Waals surface area contributed by atoms with E-state index >= 15 is 0 Å². The molecule has 0 bridgehead atoms. The van der Waals surface area contributed by atoms with Gasteiger partial charge in [-0.15, -0.1) is 6.42 Å². The number of H-pyrrole nitrogens is 1. The van der Waals surface area contributed by atoms with Gasteiger partial charge in [-0.3, -0.25) is 27.8 Å². The molecule has 6 atom stereocenters. The summed E-state index contributed by atoms with van der Waals surface area (Å²) >= 11 is 0. The van der Waals surface area contributed by atoms with Crippen molar-refractivity contribution in [1.29, 1.82) is 0 Å². The quantitative estimate of drug-likeness (QED) is 0.185. The molecule has 17 heteroatoms. The third kappa shape index (κ3) is 4.33. The van der Waals surface area contributed by atoms with Crippen LogP contribution in [0.3, 0.4) is 0 Å². The predicted octanol–water partition coefficient (Wildman–Crippen LogP) is -3.60. The van der Waals surface area contributed by atoms with E-state index in [1.807, 2.05) is 0 Å². The standard InChI is InChI=1S/C13H17N5O10P2/c1-3-29(22,23)28-30(24,25)26-4-6-8(19)9(20)12(27-6)18-5-17(2)7-10(18)15-13(14)16-11(7)21/h1,5-6,8-9,12,19-20H,4H2,2H3,(H4-,14,15,16,21,22,23,24,25)/p-1/t6-,8?,9+,12-/m1/s1. The smallest absolute Gasteiger partial charge is 0.313 e. The van der Waals surface area contributed by atoms with Crippen LogP contribution in [0, 0.1) is 12.1 Å². The number of anilines is 1. The molecule has 1 fully saturated rings. The molecule has 30 heavy (non-hydrogen) atoms. The van der Waals surface area contributed by atoms with E-state index in [1.54, 1.807) is 0 Å². The number of phosphoric acid groups is 1. The maximum Gasteiger partial charge on any atom is 0.313 e. The van der Waals surface area contributed by atoms with Gasteiger partial charge in [-0.2, -0.15) is 0 Å². The Balaban J connectivity index is 1.82. The Bertz CT molecular complexity index is 1170. The molecule has 1 aliphatic heterocycles. The molecule has 0 spiro atoms. The van der Waals surface area contributed by atoms with Crippen LogP contribution in [-0.4, -0.2) is 49.7 Å². The van der Waals surface area contributed by atoms with Crippen LogP contribution >= 0.6 is 15.4 Å². The van der Waals surface area contributed by atoms with Crippen LogP contribution in [0.15, 0.2) is 11.1 Å². The molecule has 0 aromatic carbocycles. The Morgan fingerprint density at radius 3 is 2.77 bits per heavy atom. The number of nitrogens with zero attached hydrogens (tertiary/aromatic N) is 3. The fourth-order valence-electron chi connectivity index (χ4n) is 2.90. The zero-order chi connectivity index (χ0) is 22.4. The Kier molecular flexibility index (Phi) is 5.91. The van der Waals surface area contributed by atoms with Crippen molar-refractivity contribution < 1.29 is 47.3 Å². The molecule has 0 aliphatic carbocycles. The predicted molar refractivity (Wildman–Crippen MR) is 92.9 cm³/mol. The fraction of sp³-hybridized carbons (Fsp3) is 0.462. The minimum absolute atomic E-state index is 0.0238. The number of terminal acetylenes is 1. The molecule has 2 aromatic rings. The number of phosphoric ester groups is 1. The number of hydrogen-bond acceptors (Lipinski definition) is 12. The SMILES string of the molecule is C#CP(=O)([O-])OP(=O)([O-])OC[C@H]1O[C@@H]([n+]2cn(C)c3c(=O)[nH]c(N)nc32)[C@@H](O)C1O. The van der Waals surface area contributed by atoms with Gasteiger partial charge in [-0.1, -0.05) is 4.98 Å². The number of nitrogens with two attached hydrogens (primary N) is 1.